The van der Waals surface area contributed by atoms with Crippen molar-refractivity contribution in [1.82, 2.24) is 19.8 Å². The molecule has 6 nitrogen and oxygen atoms in total. The Balaban J connectivity index is 1.55. The smallest absolute Gasteiger partial charge is 0.166 e. The molecule has 1 unspecified atom stereocenters. The van der Waals surface area contributed by atoms with E-state index in [-0.39, 0.29) is 22.2 Å². The number of nitrogen functional groups attached to an aromatic ring is 1. The van der Waals surface area contributed by atoms with Crippen LogP contribution in [0.3, 0.4) is 0 Å². The Bertz CT molecular complexity index is 1140. The fourth-order valence-corrected chi connectivity index (χ4v) is 4.16. The van der Waals surface area contributed by atoms with E-state index in [4.69, 9.17) is 22.1 Å². The predicted molar refractivity (Wildman–Crippen MR) is 125 cm³/mol. The molecule has 0 saturated carbocycles. The molecule has 4 rings (SSSR count). The standard InChI is InChI=1S/C24H26ClF2N5O/c1-15(22-19(26)3-4-20(27)23(22)25)33-21-12-17(13-30-24(21)28)16-5-6-29-18(11-16)14-32-9-7-31(2)8-10-32/h3-6,11-13,15H,7-10,14H2,1-2H3,(H2,28,30). The molecule has 1 saturated heterocycles. The topological polar surface area (TPSA) is 67.5 Å². The normalized spacial score (nSPS) is 16.0. The molecular formula is C24H26ClF2N5O. The van der Waals surface area contributed by atoms with Crippen LogP contribution in [0, 0.1) is 11.6 Å². The van der Waals surface area contributed by atoms with Crippen LogP contribution in [0.5, 0.6) is 5.75 Å². The summed E-state index contributed by atoms with van der Waals surface area (Å²) in [6, 6.07) is 7.64. The molecule has 1 atom stereocenters. The molecule has 0 bridgehead atoms. The molecule has 2 aromatic heterocycles. The minimum Gasteiger partial charge on any atom is -0.482 e. The van der Waals surface area contributed by atoms with Crippen LogP contribution in [0.25, 0.3) is 11.1 Å². The zero-order valence-electron chi connectivity index (χ0n) is 18.6. The van der Waals surface area contributed by atoms with Crippen molar-refractivity contribution in [2.75, 3.05) is 39.0 Å². The van der Waals surface area contributed by atoms with Crippen molar-refractivity contribution in [3.8, 4) is 16.9 Å². The second-order valence-corrected chi connectivity index (χ2v) is 8.62. The third kappa shape index (κ3) is 5.40. The van der Waals surface area contributed by atoms with Gasteiger partial charge >= 0.3 is 0 Å². The Hall–Kier alpha value is -2.81. The van der Waals surface area contributed by atoms with Crippen molar-refractivity contribution in [2.24, 2.45) is 0 Å². The number of likely N-dealkylation sites (N-methyl/N-ethyl adjacent to an activating group) is 1. The van der Waals surface area contributed by atoms with Gasteiger partial charge < -0.3 is 15.4 Å². The molecule has 1 aliphatic heterocycles. The minimum atomic E-state index is -0.877. The summed E-state index contributed by atoms with van der Waals surface area (Å²) in [6.07, 6.45) is 2.54. The lowest BCUT2D eigenvalue weighted by Gasteiger charge is -2.32. The van der Waals surface area contributed by atoms with Gasteiger partial charge in [-0.05, 0) is 49.9 Å². The summed E-state index contributed by atoms with van der Waals surface area (Å²) in [5.41, 5.74) is 8.58. The van der Waals surface area contributed by atoms with Crippen molar-refractivity contribution in [1.29, 1.82) is 0 Å². The molecule has 0 aliphatic carbocycles. The number of ether oxygens (including phenoxy) is 1. The molecule has 174 valence electrons. The highest BCUT2D eigenvalue weighted by Gasteiger charge is 2.21. The lowest BCUT2D eigenvalue weighted by molar-refractivity contribution is 0.147. The Kier molecular flexibility index (Phi) is 7.07. The molecular weight excluding hydrogens is 448 g/mol. The Morgan fingerprint density at radius 1 is 1.06 bits per heavy atom. The van der Waals surface area contributed by atoms with Gasteiger partial charge in [-0.2, -0.15) is 0 Å². The molecule has 1 aromatic carbocycles. The number of anilines is 1. The first kappa shape index (κ1) is 23.4. The number of nitrogens with two attached hydrogens (primary N) is 1. The summed E-state index contributed by atoms with van der Waals surface area (Å²) in [4.78, 5) is 13.4. The predicted octanol–water partition coefficient (Wildman–Crippen LogP) is 4.54. The quantitative estimate of drug-likeness (QED) is 0.530. The van der Waals surface area contributed by atoms with Gasteiger partial charge in [-0.25, -0.2) is 13.8 Å². The first-order valence-electron chi connectivity index (χ1n) is 10.7. The van der Waals surface area contributed by atoms with E-state index in [9.17, 15) is 8.78 Å². The van der Waals surface area contributed by atoms with Gasteiger partial charge in [0.05, 0.1) is 10.7 Å². The highest BCUT2D eigenvalue weighted by Crippen LogP contribution is 2.34. The summed E-state index contributed by atoms with van der Waals surface area (Å²) >= 11 is 5.98. The third-order valence-electron chi connectivity index (χ3n) is 5.80. The molecule has 1 aliphatic rings. The molecule has 0 spiro atoms. The Morgan fingerprint density at radius 2 is 1.79 bits per heavy atom. The van der Waals surface area contributed by atoms with E-state index in [1.54, 1.807) is 25.4 Å². The van der Waals surface area contributed by atoms with Crippen LogP contribution in [0.15, 0.2) is 42.7 Å². The zero-order chi connectivity index (χ0) is 23.5. The van der Waals surface area contributed by atoms with E-state index in [2.05, 4.69) is 26.8 Å². The van der Waals surface area contributed by atoms with Gasteiger partial charge in [-0.1, -0.05) is 11.6 Å². The number of hydrogen-bond acceptors (Lipinski definition) is 6. The van der Waals surface area contributed by atoms with Gasteiger partial charge in [-0.15, -0.1) is 0 Å². The van der Waals surface area contributed by atoms with E-state index in [0.29, 0.717) is 0 Å². The van der Waals surface area contributed by atoms with Crippen molar-refractivity contribution in [3.63, 3.8) is 0 Å². The lowest BCUT2D eigenvalue weighted by Crippen LogP contribution is -2.44. The van der Waals surface area contributed by atoms with E-state index in [1.807, 2.05) is 12.1 Å². The van der Waals surface area contributed by atoms with Gasteiger partial charge in [0.2, 0.25) is 0 Å². The molecule has 0 radical (unpaired) electrons. The second kappa shape index (κ2) is 9.99. The molecule has 33 heavy (non-hydrogen) atoms. The van der Waals surface area contributed by atoms with Crippen LogP contribution in [-0.2, 0) is 6.54 Å². The SMILES string of the molecule is CC(Oc1cc(-c2ccnc(CN3CCN(C)CC3)c2)cnc1N)c1c(F)ccc(F)c1Cl. The number of nitrogens with zero attached hydrogens (tertiary/aromatic N) is 4. The van der Waals surface area contributed by atoms with Crippen LogP contribution in [0.4, 0.5) is 14.6 Å². The van der Waals surface area contributed by atoms with Crippen molar-refractivity contribution < 1.29 is 13.5 Å². The Labute approximate surface area is 197 Å². The van der Waals surface area contributed by atoms with Crippen molar-refractivity contribution in [3.05, 3.63) is 70.6 Å². The number of benzene rings is 1. The van der Waals surface area contributed by atoms with Gasteiger partial charge in [-0.3, -0.25) is 9.88 Å². The van der Waals surface area contributed by atoms with Gasteiger partial charge in [0.15, 0.2) is 11.6 Å². The minimum absolute atomic E-state index is 0.0696. The highest BCUT2D eigenvalue weighted by atomic mass is 35.5. The Morgan fingerprint density at radius 3 is 2.55 bits per heavy atom. The van der Waals surface area contributed by atoms with Crippen LogP contribution in [-0.4, -0.2) is 53.0 Å². The molecule has 9 heteroatoms. The summed E-state index contributed by atoms with van der Waals surface area (Å²) in [7, 11) is 2.13. The largest absolute Gasteiger partial charge is 0.482 e. The van der Waals surface area contributed by atoms with Crippen LogP contribution in [0.1, 0.15) is 24.3 Å². The fourth-order valence-electron chi connectivity index (χ4n) is 3.85. The van der Waals surface area contributed by atoms with E-state index in [0.717, 1.165) is 61.7 Å². The average molecular weight is 474 g/mol. The number of hydrogen-bond donors (Lipinski definition) is 1. The van der Waals surface area contributed by atoms with Crippen molar-refractivity contribution in [2.45, 2.75) is 19.6 Å². The number of rotatable bonds is 6. The average Bonchev–Trinajstić information content (AvgIpc) is 2.80. The van der Waals surface area contributed by atoms with Crippen LogP contribution in [0.2, 0.25) is 5.02 Å². The molecule has 0 amide bonds. The first-order chi connectivity index (χ1) is 15.8. The molecule has 1 fully saturated rings. The number of aromatic nitrogens is 2. The van der Waals surface area contributed by atoms with Crippen LogP contribution >= 0.6 is 11.6 Å². The van der Waals surface area contributed by atoms with Gasteiger partial charge in [0, 0.05) is 56.2 Å². The molecule has 2 N–H and O–H groups in total. The summed E-state index contributed by atoms with van der Waals surface area (Å²) in [5.74, 6) is -0.963. The fraction of sp³-hybridized carbons (Fsp3) is 0.333. The maximum absolute atomic E-state index is 14.3. The monoisotopic (exact) mass is 473 g/mol. The van der Waals surface area contributed by atoms with Crippen molar-refractivity contribution >= 4 is 17.4 Å². The van der Waals surface area contributed by atoms with Gasteiger partial charge in [0.25, 0.3) is 0 Å². The number of piperazine rings is 1. The summed E-state index contributed by atoms with van der Waals surface area (Å²) < 4.78 is 34.0. The first-order valence-corrected chi connectivity index (χ1v) is 11.1. The summed E-state index contributed by atoms with van der Waals surface area (Å²) in [5, 5.41) is -0.312. The molecule has 3 aromatic rings. The van der Waals surface area contributed by atoms with Crippen LogP contribution < -0.4 is 10.5 Å². The lowest BCUT2D eigenvalue weighted by atomic mass is 10.1. The number of pyridine rings is 2. The van der Waals surface area contributed by atoms with E-state index < -0.39 is 17.7 Å². The zero-order valence-corrected chi connectivity index (χ0v) is 19.3. The number of halogens is 3. The van der Waals surface area contributed by atoms with E-state index in [1.165, 1.54) is 0 Å². The maximum atomic E-state index is 14.3. The van der Waals surface area contributed by atoms with Gasteiger partial charge in [0.1, 0.15) is 17.7 Å². The van der Waals surface area contributed by atoms with E-state index >= 15 is 0 Å². The molecule has 3 heterocycles. The third-order valence-corrected chi connectivity index (χ3v) is 6.19. The second-order valence-electron chi connectivity index (χ2n) is 8.24. The maximum Gasteiger partial charge on any atom is 0.166 e. The summed E-state index contributed by atoms with van der Waals surface area (Å²) in [6.45, 7) is 6.42. The highest BCUT2D eigenvalue weighted by molar-refractivity contribution is 6.31.